The van der Waals surface area contributed by atoms with E-state index in [1.807, 2.05) is 68.0 Å². The predicted molar refractivity (Wildman–Crippen MR) is 223 cm³/mol. The van der Waals surface area contributed by atoms with Crippen LogP contribution in [0.4, 0.5) is 0 Å². The summed E-state index contributed by atoms with van der Waals surface area (Å²) in [7, 11) is 0. The SMILES string of the molecule is c1cc2sc3c4csc5c6cccc7sc8c9csc%10c%11cccc%12sc%13c%14csc%15c(c1)c2c3c1c(c45)c(c8c76)c(c9%10)c(c%13c%12%11)c1c%14%15. The Hall–Kier alpha value is -4.14. The average Bonchev–Trinajstić information content (AvgIpc) is 3.94. The molecule has 0 saturated heterocycles. The molecule has 216 valence electrons. The molecule has 0 saturated carbocycles. The van der Waals surface area contributed by atoms with Crippen LogP contribution in [0, 0.1) is 0 Å². The van der Waals surface area contributed by atoms with Crippen molar-refractivity contribution in [2.24, 2.45) is 0 Å². The van der Waals surface area contributed by atoms with E-state index in [2.05, 4.69) is 70.7 Å². The summed E-state index contributed by atoms with van der Waals surface area (Å²) in [5, 5.41) is 38.7. The van der Waals surface area contributed by atoms with Gasteiger partial charge in [0.1, 0.15) is 0 Å². The smallest absolute Gasteiger partial charge is 0.0449 e. The van der Waals surface area contributed by atoms with Gasteiger partial charge in [0.15, 0.2) is 0 Å². The molecule has 16 aromatic rings. The van der Waals surface area contributed by atoms with Gasteiger partial charge in [-0.3, -0.25) is 0 Å². The normalized spacial score (nSPS) is 14.2. The Morgan fingerprint density at radius 3 is 0.896 bits per heavy atom. The van der Waals surface area contributed by atoms with Crippen LogP contribution >= 0.6 is 68.0 Å². The second-order valence-corrected chi connectivity index (χ2v) is 19.6. The van der Waals surface area contributed by atoms with E-state index in [1.165, 1.54) is 155 Å². The Morgan fingerprint density at radius 2 is 0.562 bits per heavy atom. The highest BCUT2D eigenvalue weighted by Gasteiger charge is 2.33. The number of benzene rings is 7. The Labute approximate surface area is 291 Å². The van der Waals surface area contributed by atoms with E-state index in [1.54, 1.807) is 0 Å². The second kappa shape index (κ2) is 6.96. The van der Waals surface area contributed by atoms with Crippen molar-refractivity contribution in [3.05, 3.63) is 70.7 Å². The third kappa shape index (κ3) is 2.05. The van der Waals surface area contributed by atoms with Crippen LogP contribution in [0.25, 0.3) is 155 Å². The van der Waals surface area contributed by atoms with Crippen LogP contribution in [0.15, 0.2) is 70.7 Å². The van der Waals surface area contributed by atoms with Gasteiger partial charge >= 0.3 is 0 Å². The lowest BCUT2D eigenvalue weighted by atomic mass is 9.85. The van der Waals surface area contributed by atoms with Gasteiger partial charge in [-0.05, 0) is 18.2 Å². The summed E-state index contributed by atoms with van der Waals surface area (Å²) < 4.78 is 13.0. The lowest BCUT2D eigenvalue weighted by Gasteiger charge is -2.17. The lowest BCUT2D eigenvalue weighted by molar-refractivity contribution is 1.95. The summed E-state index contributed by atoms with van der Waals surface area (Å²) in [4.78, 5) is 0. The van der Waals surface area contributed by atoms with Crippen LogP contribution < -0.4 is 0 Å². The van der Waals surface area contributed by atoms with Gasteiger partial charge in [-0.15, -0.1) is 68.0 Å². The number of fused-ring (bicyclic) bond motifs is 6. The third-order valence-corrected chi connectivity index (χ3v) is 18.6. The van der Waals surface area contributed by atoms with Crippen molar-refractivity contribution in [3.8, 4) is 0 Å². The molecule has 0 spiro atoms. The first kappa shape index (κ1) is 23.3. The molecule has 0 atom stereocenters. The van der Waals surface area contributed by atoms with E-state index in [0.29, 0.717) is 0 Å². The average molecular weight is 709 g/mol. The summed E-state index contributed by atoms with van der Waals surface area (Å²) in [5.74, 6) is 0. The van der Waals surface area contributed by atoms with Gasteiger partial charge in [0.05, 0.1) is 0 Å². The summed E-state index contributed by atoms with van der Waals surface area (Å²) >= 11 is 12.0. The monoisotopic (exact) mass is 708 g/mol. The minimum Gasteiger partial charge on any atom is -0.142 e. The molecule has 0 bridgehead atoms. The molecule has 0 aliphatic carbocycles. The summed E-state index contributed by atoms with van der Waals surface area (Å²) in [6.45, 7) is 0. The van der Waals surface area contributed by atoms with Crippen molar-refractivity contribution >= 4 is 223 Å². The molecule has 6 heteroatoms. The van der Waals surface area contributed by atoms with Crippen LogP contribution in [0.1, 0.15) is 0 Å². The van der Waals surface area contributed by atoms with Crippen molar-refractivity contribution in [2.75, 3.05) is 0 Å². The minimum atomic E-state index is 1.42. The van der Waals surface area contributed by atoms with Gasteiger partial charge in [0, 0.05) is 172 Å². The summed E-state index contributed by atoms with van der Waals surface area (Å²) in [6, 6.07) is 21.3. The summed E-state index contributed by atoms with van der Waals surface area (Å²) in [5.41, 5.74) is 0. The Kier molecular flexibility index (Phi) is 3.37. The van der Waals surface area contributed by atoms with Crippen LogP contribution in [0.3, 0.4) is 0 Å². The molecule has 48 heavy (non-hydrogen) atoms. The maximum Gasteiger partial charge on any atom is 0.0449 e. The molecule has 10 aromatic carbocycles. The zero-order valence-corrected chi connectivity index (χ0v) is 29.3. The van der Waals surface area contributed by atoms with Gasteiger partial charge < -0.3 is 0 Å². The molecule has 0 amide bonds. The highest BCUT2D eigenvalue weighted by Crippen LogP contribution is 2.64. The zero-order chi connectivity index (χ0) is 30.0. The second-order valence-electron chi connectivity index (χ2n) is 13.8. The number of hydrogen-bond acceptors (Lipinski definition) is 6. The first-order valence-electron chi connectivity index (χ1n) is 16.1. The zero-order valence-electron chi connectivity index (χ0n) is 24.4. The molecule has 0 aliphatic heterocycles. The van der Waals surface area contributed by atoms with Crippen molar-refractivity contribution in [1.29, 1.82) is 0 Å². The van der Waals surface area contributed by atoms with Gasteiger partial charge in [-0.1, -0.05) is 36.4 Å². The maximum absolute atomic E-state index is 2.50. The van der Waals surface area contributed by atoms with Crippen LogP contribution in [-0.4, -0.2) is 0 Å². The van der Waals surface area contributed by atoms with Crippen LogP contribution in [0.5, 0.6) is 0 Å². The van der Waals surface area contributed by atoms with Crippen molar-refractivity contribution in [1.82, 2.24) is 0 Å². The molecule has 6 heterocycles. The van der Waals surface area contributed by atoms with E-state index in [0.717, 1.165) is 0 Å². The van der Waals surface area contributed by atoms with Crippen LogP contribution in [0.2, 0.25) is 0 Å². The van der Waals surface area contributed by atoms with Gasteiger partial charge in [-0.25, -0.2) is 0 Å². The third-order valence-electron chi connectivity index (χ3n) is 12.0. The topological polar surface area (TPSA) is 0 Å². The first-order chi connectivity index (χ1) is 23.8. The number of rotatable bonds is 0. The molecule has 0 unspecified atom stereocenters. The Balaban J connectivity index is 1.52. The van der Waals surface area contributed by atoms with E-state index in [4.69, 9.17) is 0 Å². The Morgan fingerprint density at radius 1 is 0.250 bits per heavy atom. The molecular weight excluding hydrogens is 697 g/mol. The largest absolute Gasteiger partial charge is 0.142 e. The molecule has 0 radical (unpaired) electrons. The highest BCUT2D eigenvalue weighted by atomic mass is 32.1. The lowest BCUT2D eigenvalue weighted by Crippen LogP contribution is -1.88. The first-order valence-corrected chi connectivity index (χ1v) is 21.2. The fraction of sp³-hybridized carbons (Fsp3) is 0. The fourth-order valence-electron chi connectivity index (χ4n) is 10.5. The van der Waals surface area contributed by atoms with Crippen molar-refractivity contribution in [3.63, 3.8) is 0 Å². The molecule has 0 aliphatic rings. The minimum absolute atomic E-state index is 1.42. The van der Waals surface area contributed by atoms with Crippen LogP contribution in [-0.2, 0) is 0 Å². The van der Waals surface area contributed by atoms with E-state index in [-0.39, 0.29) is 0 Å². The number of hydrogen-bond donors (Lipinski definition) is 0. The molecule has 0 N–H and O–H groups in total. The van der Waals surface area contributed by atoms with E-state index in [9.17, 15) is 0 Å². The Bertz CT molecular complexity index is 3620. The molecule has 0 nitrogen and oxygen atoms in total. The van der Waals surface area contributed by atoms with Gasteiger partial charge in [0.25, 0.3) is 0 Å². The van der Waals surface area contributed by atoms with Gasteiger partial charge in [-0.2, -0.15) is 0 Å². The number of thiophene rings is 6. The summed E-state index contributed by atoms with van der Waals surface area (Å²) in [6.07, 6.45) is 0. The highest BCUT2D eigenvalue weighted by molar-refractivity contribution is 7.30. The predicted octanol–water partition coefficient (Wildman–Crippen LogP) is 16.0. The standard InChI is InChI=1S/C42H12S6/c1-4-13-22-19(7-1)46-40-17-11-44-38-14-5-2-9-21-24(14)36-33-29(26(17)38)31(34(22)40)28-25-16(10-43-37(13)25)41-35-23-15(6-3-8-20(23)47-41)39-27(30(33)32(28)35)18(12-45-39)42(36)48-21/h1-12H. The molecule has 0 fully saturated rings. The molecule has 16 rings (SSSR count). The quantitative estimate of drug-likeness (QED) is 0.138. The molecular formula is C42H12S6. The van der Waals surface area contributed by atoms with Crippen molar-refractivity contribution in [2.45, 2.75) is 0 Å². The molecule has 6 aromatic heterocycles. The maximum atomic E-state index is 2.50. The van der Waals surface area contributed by atoms with Gasteiger partial charge in [0.2, 0.25) is 0 Å². The van der Waals surface area contributed by atoms with E-state index < -0.39 is 0 Å². The fourth-order valence-corrected chi connectivity index (χ4v) is 17.8. The van der Waals surface area contributed by atoms with E-state index >= 15 is 0 Å². The van der Waals surface area contributed by atoms with Crippen molar-refractivity contribution < 1.29 is 0 Å².